The minimum atomic E-state index is -2.28. The van der Waals surface area contributed by atoms with Gasteiger partial charge in [-0.2, -0.15) is 0 Å². The highest BCUT2D eigenvalue weighted by molar-refractivity contribution is 7.04. The average Bonchev–Trinajstić information content (AvgIpc) is 2.74. The molecule has 0 radical (unpaired) electrons. The summed E-state index contributed by atoms with van der Waals surface area (Å²) in [6.07, 6.45) is 8.34. The predicted octanol–water partition coefficient (Wildman–Crippen LogP) is 5.56. The van der Waals surface area contributed by atoms with Gasteiger partial charge in [0.2, 0.25) is 0 Å². The van der Waals surface area contributed by atoms with Gasteiger partial charge in [0.05, 0.1) is 12.1 Å². The molecule has 152 valence electrons. The van der Waals surface area contributed by atoms with Crippen molar-refractivity contribution in [3.8, 4) is 0 Å². The molecule has 1 unspecified atom stereocenters. The van der Waals surface area contributed by atoms with E-state index in [9.17, 15) is 4.79 Å². The van der Waals surface area contributed by atoms with E-state index in [1.807, 2.05) is 6.92 Å². The Bertz CT molecular complexity index is 645. The molecule has 0 N–H and O–H groups in total. The summed E-state index contributed by atoms with van der Waals surface area (Å²) in [6.45, 7) is 6.94. The molecule has 0 saturated heterocycles. The van der Waals surface area contributed by atoms with Gasteiger partial charge < -0.3 is 4.74 Å². The van der Waals surface area contributed by atoms with Gasteiger partial charge in [-0.05, 0) is 13.3 Å². The van der Waals surface area contributed by atoms with Crippen molar-refractivity contribution in [2.45, 2.75) is 70.9 Å². The molecule has 2 aromatic carbocycles. The van der Waals surface area contributed by atoms with E-state index >= 15 is 0 Å². The van der Waals surface area contributed by atoms with E-state index in [1.165, 1.54) is 42.5 Å². The minimum absolute atomic E-state index is 0.0158. The van der Waals surface area contributed by atoms with E-state index in [2.05, 4.69) is 74.1 Å². The van der Waals surface area contributed by atoms with Crippen LogP contribution in [0.15, 0.2) is 60.7 Å². The molecule has 0 saturated carbocycles. The van der Waals surface area contributed by atoms with Crippen LogP contribution in [0.1, 0.15) is 58.8 Å². The van der Waals surface area contributed by atoms with Crippen LogP contribution in [0.3, 0.4) is 0 Å². The van der Waals surface area contributed by atoms with Crippen molar-refractivity contribution in [3.05, 3.63) is 60.7 Å². The standard InChI is InChI=1S/C25H36O2Si/c1-4-6-7-8-9-16-21-24(25(26)27-5-2)28(3,22-17-12-10-13-18-22)23-19-14-11-15-20-23/h10-15,17-20,24H,4-9,16,21H2,1-3H3. The Morgan fingerprint density at radius 3 is 1.82 bits per heavy atom. The smallest absolute Gasteiger partial charge is 0.306 e. The number of carbonyl (C=O) groups excluding carboxylic acids is 1. The van der Waals surface area contributed by atoms with Crippen LogP contribution in [0, 0.1) is 0 Å². The van der Waals surface area contributed by atoms with Gasteiger partial charge in [-0.3, -0.25) is 4.79 Å². The summed E-state index contributed by atoms with van der Waals surface area (Å²) in [5.41, 5.74) is -0.0524. The van der Waals surface area contributed by atoms with Crippen LogP contribution >= 0.6 is 0 Å². The van der Waals surface area contributed by atoms with Crippen LogP contribution in [0.25, 0.3) is 0 Å². The Labute approximate surface area is 172 Å². The first-order valence-corrected chi connectivity index (χ1v) is 13.5. The quantitative estimate of drug-likeness (QED) is 0.267. The Morgan fingerprint density at radius 2 is 1.32 bits per heavy atom. The molecule has 0 aliphatic carbocycles. The Morgan fingerprint density at radius 1 is 0.821 bits per heavy atom. The van der Waals surface area contributed by atoms with Crippen molar-refractivity contribution in [1.29, 1.82) is 0 Å². The maximum atomic E-state index is 13.1. The van der Waals surface area contributed by atoms with Gasteiger partial charge in [-0.15, -0.1) is 0 Å². The van der Waals surface area contributed by atoms with Crippen LogP contribution < -0.4 is 10.4 Å². The molecule has 0 aliphatic rings. The Kier molecular flexibility index (Phi) is 9.49. The number of rotatable bonds is 12. The maximum absolute atomic E-state index is 13.1. The summed E-state index contributed by atoms with van der Waals surface area (Å²) in [6, 6.07) is 21.3. The molecule has 0 aliphatic heterocycles. The van der Waals surface area contributed by atoms with Crippen LogP contribution in [-0.4, -0.2) is 20.7 Å². The molecule has 0 fully saturated rings. The number of hydrogen-bond acceptors (Lipinski definition) is 2. The molecular weight excluding hydrogens is 360 g/mol. The van der Waals surface area contributed by atoms with E-state index in [-0.39, 0.29) is 11.5 Å². The van der Waals surface area contributed by atoms with Crippen LogP contribution in [-0.2, 0) is 9.53 Å². The fourth-order valence-electron chi connectivity index (χ4n) is 4.15. The zero-order valence-corrected chi connectivity index (χ0v) is 18.8. The molecule has 0 bridgehead atoms. The van der Waals surface area contributed by atoms with E-state index in [0.717, 1.165) is 12.8 Å². The van der Waals surface area contributed by atoms with Gasteiger partial charge in [-0.1, -0.05) is 123 Å². The topological polar surface area (TPSA) is 26.3 Å². The first kappa shape index (κ1) is 22.4. The molecule has 28 heavy (non-hydrogen) atoms. The minimum Gasteiger partial charge on any atom is -0.466 e. The second-order valence-electron chi connectivity index (χ2n) is 7.80. The first-order chi connectivity index (χ1) is 13.6. The third kappa shape index (κ3) is 5.81. The average molecular weight is 397 g/mol. The third-order valence-electron chi connectivity index (χ3n) is 5.86. The number of hydrogen-bond donors (Lipinski definition) is 0. The lowest BCUT2D eigenvalue weighted by Crippen LogP contribution is -2.61. The second-order valence-corrected chi connectivity index (χ2v) is 12.1. The Hall–Kier alpha value is -1.87. The highest BCUT2D eigenvalue weighted by Crippen LogP contribution is 2.30. The van der Waals surface area contributed by atoms with Gasteiger partial charge in [0.25, 0.3) is 0 Å². The maximum Gasteiger partial charge on any atom is 0.306 e. The molecule has 0 aromatic heterocycles. The largest absolute Gasteiger partial charge is 0.466 e. The monoisotopic (exact) mass is 396 g/mol. The normalized spacial score (nSPS) is 12.5. The number of esters is 1. The van der Waals surface area contributed by atoms with Gasteiger partial charge in [0.15, 0.2) is 0 Å². The van der Waals surface area contributed by atoms with E-state index in [0.29, 0.717) is 6.61 Å². The second kappa shape index (κ2) is 11.9. The van der Waals surface area contributed by atoms with Gasteiger partial charge in [0.1, 0.15) is 8.07 Å². The summed E-state index contributed by atoms with van der Waals surface area (Å²) in [5.74, 6) is -0.0158. The van der Waals surface area contributed by atoms with Crippen molar-refractivity contribution < 1.29 is 9.53 Å². The lowest BCUT2D eigenvalue weighted by atomic mass is 10.1. The van der Waals surface area contributed by atoms with Gasteiger partial charge in [0, 0.05) is 0 Å². The summed E-state index contributed by atoms with van der Waals surface area (Å²) >= 11 is 0. The first-order valence-electron chi connectivity index (χ1n) is 10.9. The number of unbranched alkanes of at least 4 members (excludes halogenated alkanes) is 5. The van der Waals surface area contributed by atoms with E-state index < -0.39 is 8.07 Å². The van der Waals surface area contributed by atoms with E-state index in [1.54, 1.807) is 0 Å². The summed E-state index contributed by atoms with van der Waals surface area (Å²) in [5, 5.41) is 2.62. The molecule has 2 aromatic rings. The van der Waals surface area contributed by atoms with Crippen molar-refractivity contribution >= 4 is 24.4 Å². The summed E-state index contributed by atoms with van der Waals surface area (Å²) in [4.78, 5) is 13.1. The zero-order valence-electron chi connectivity index (χ0n) is 17.8. The highest BCUT2D eigenvalue weighted by Gasteiger charge is 2.44. The van der Waals surface area contributed by atoms with Crippen molar-refractivity contribution in [2.75, 3.05) is 6.61 Å². The summed E-state index contributed by atoms with van der Waals surface area (Å²) in [7, 11) is -2.28. The van der Waals surface area contributed by atoms with Crippen LogP contribution in [0.2, 0.25) is 12.1 Å². The Balaban J connectivity index is 2.31. The van der Waals surface area contributed by atoms with Crippen molar-refractivity contribution in [1.82, 2.24) is 0 Å². The fraction of sp³-hybridized carbons (Fsp3) is 0.480. The summed E-state index contributed by atoms with van der Waals surface area (Å²) < 4.78 is 5.58. The van der Waals surface area contributed by atoms with Crippen molar-refractivity contribution in [2.24, 2.45) is 0 Å². The molecule has 2 rings (SSSR count). The van der Waals surface area contributed by atoms with Crippen LogP contribution in [0.5, 0.6) is 0 Å². The van der Waals surface area contributed by atoms with Crippen LogP contribution in [0.4, 0.5) is 0 Å². The lowest BCUT2D eigenvalue weighted by molar-refractivity contribution is -0.143. The SMILES string of the molecule is CCCCCCCCC(C(=O)OCC)[Si](C)(c1ccccc1)c1ccccc1. The molecular formula is C25H36O2Si. The highest BCUT2D eigenvalue weighted by atomic mass is 28.3. The molecule has 3 heteroatoms. The third-order valence-corrected chi connectivity index (χ3v) is 10.8. The molecule has 0 amide bonds. The van der Waals surface area contributed by atoms with E-state index in [4.69, 9.17) is 4.74 Å². The molecule has 0 heterocycles. The molecule has 2 nitrogen and oxygen atoms in total. The molecule has 0 spiro atoms. The fourth-order valence-corrected chi connectivity index (χ4v) is 8.40. The number of ether oxygens (including phenoxy) is 1. The lowest BCUT2D eigenvalue weighted by Gasteiger charge is -2.35. The predicted molar refractivity (Wildman–Crippen MR) is 122 cm³/mol. The molecule has 1 atom stereocenters. The van der Waals surface area contributed by atoms with Crippen molar-refractivity contribution in [3.63, 3.8) is 0 Å². The van der Waals surface area contributed by atoms with Gasteiger partial charge in [-0.25, -0.2) is 0 Å². The number of benzene rings is 2. The zero-order chi connectivity index (χ0) is 20.2. The van der Waals surface area contributed by atoms with Gasteiger partial charge >= 0.3 is 5.97 Å². The number of carbonyl (C=O) groups is 1.